The molecule has 0 aromatic carbocycles. The van der Waals surface area contributed by atoms with E-state index >= 15 is 0 Å². The van der Waals surface area contributed by atoms with Crippen molar-refractivity contribution in [3.63, 3.8) is 0 Å². The highest BCUT2D eigenvalue weighted by molar-refractivity contribution is 7.99. The van der Waals surface area contributed by atoms with Crippen molar-refractivity contribution in [3.05, 3.63) is 0 Å². The summed E-state index contributed by atoms with van der Waals surface area (Å²) in [6, 6.07) is 0. The summed E-state index contributed by atoms with van der Waals surface area (Å²) in [6.07, 6.45) is 14.7. The van der Waals surface area contributed by atoms with Crippen molar-refractivity contribution in [3.8, 4) is 0 Å². The van der Waals surface area contributed by atoms with E-state index in [1.807, 2.05) is 0 Å². The van der Waals surface area contributed by atoms with Crippen LogP contribution in [0.3, 0.4) is 0 Å². The molecule has 1 amide bonds. The number of aliphatic carboxylic acids is 1. The van der Waals surface area contributed by atoms with Gasteiger partial charge in [0.2, 0.25) is 5.91 Å². The Balaban J connectivity index is -0.00000153. The van der Waals surface area contributed by atoms with Crippen LogP contribution in [0.25, 0.3) is 0 Å². The maximum absolute atomic E-state index is 11.7. The topological polar surface area (TPSA) is 139 Å². The van der Waals surface area contributed by atoms with Gasteiger partial charge in [0, 0.05) is 38.4 Å². The number of rotatable bonds is 20. The van der Waals surface area contributed by atoms with Gasteiger partial charge in [-0.1, -0.05) is 71.1 Å². The first-order chi connectivity index (χ1) is 16.8. The molecule has 0 aromatic heterocycles. The average Bonchev–Trinajstić information content (AvgIpc) is 2.84. The van der Waals surface area contributed by atoms with E-state index in [9.17, 15) is 14.4 Å². The minimum Gasteiger partial charge on any atom is -0.481 e. The van der Waals surface area contributed by atoms with Crippen molar-refractivity contribution in [2.75, 3.05) is 38.9 Å². The summed E-state index contributed by atoms with van der Waals surface area (Å²) in [6.45, 7) is 3.61. The predicted octanol–water partition coefficient (Wildman–Crippen LogP) is 4.34. The quantitative estimate of drug-likeness (QED) is 0.157. The second-order valence-electron chi connectivity index (χ2n) is 7.74. The molecule has 0 radical (unpaired) electrons. The van der Waals surface area contributed by atoms with Gasteiger partial charge in [-0.15, -0.1) is 0 Å². The molecule has 0 aromatic rings. The van der Waals surface area contributed by atoms with Gasteiger partial charge in [-0.2, -0.15) is 11.8 Å². The first-order valence-corrected chi connectivity index (χ1v) is 13.7. The fourth-order valence-corrected chi connectivity index (χ4v) is 3.55. The van der Waals surface area contributed by atoms with Crippen LogP contribution in [-0.2, 0) is 28.7 Å². The minimum atomic E-state index is -0.833. The van der Waals surface area contributed by atoms with Gasteiger partial charge in [-0.05, 0) is 6.42 Å². The lowest BCUT2D eigenvalue weighted by atomic mass is 10.1. The third-order valence-corrected chi connectivity index (χ3v) is 5.55. The molecule has 0 fully saturated rings. The van der Waals surface area contributed by atoms with Gasteiger partial charge < -0.3 is 25.0 Å². The van der Waals surface area contributed by atoms with Crippen LogP contribution in [0.1, 0.15) is 97.3 Å². The summed E-state index contributed by atoms with van der Waals surface area (Å²) in [5, 5.41) is 16.9. The largest absolute Gasteiger partial charge is 0.481 e. The first kappa shape index (κ1) is 37.7. The highest BCUT2D eigenvalue weighted by Crippen LogP contribution is 2.12. The smallest absolute Gasteiger partial charge is 0.325 e. The molecule has 0 aliphatic carbocycles. The predicted molar refractivity (Wildman–Crippen MR) is 140 cm³/mol. The Labute approximate surface area is 216 Å². The van der Waals surface area contributed by atoms with E-state index < -0.39 is 11.9 Å². The second kappa shape index (κ2) is 32.2. The highest BCUT2D eigenvalue weighted by atomic mass is 32.2. The molecule has 0 saturated heterocycles. The zero-order valence-electron chi connectivity index (χ0n) is 22.3. The normalized spacial score (nSPS) is 9.63. The zero-order valence-corrected chi connectivity index (χ0v) is 23.1. The van der Waals surface area contributed by atoms with Crippen LogP contribution in [0.15, 0.2) is 0 Å². The Morgan fingerprint density at radius 2 is 1.26 bits per heavy atom. The summed E-state index contributed by atoms with van der Waals surface area (Å²) in [7, 11) is 2.28. The van der Waals surface area contributed by atoms with Gasteiger partial charge in [0.15, 0.2) is 0 Å². The Morgan fingerprint density at radius 3 is 1.74 bits per heavy atom. The average molecular weight is 524 g/mol. The zero-order chi connectivity index (χ0) is 27.2. The molecule has 0 aliphatic heterocycles. The number of unbranched alkanes of at least 4 members (excludes halogenated alkanes) is 10. The lowest BCUT2D eigenvalue weighted by Crippen LogP contribution is -2.30. The van der Waals surface area contributed by atoms with Crippen molar-refractivity contribution in [2.24, 2.45) is 0 Å². The summed E-state index contributed by atoms with van der Waals surface area (Å²) in [4.78, 5) is 43.1. The molecular weight excluding hydrogens is 474 g/mol. The molecule has 9 nitrogen and oxygen atoms in total. The van der Waals surface area contributed by atoms with E-state index in [-0.39, 0.29) is 18.4 Å². The van der Waals surface area contributed by atoms with Crippen molar-refractivity contribution < 1.29 is 38.9 Å². The van der Waals surface area contributed by atoms with Gasteiger partial charge in [0.25, 0.3) is 5.97 Å². The molecule has 0 aliphatic rings. The third-order valence-electron chi connectivity index (χ3n) is 4.61. The Kier molecular flexibility index (Phi) is 34.7. The summed E-state index contributed by atoms with van der Waals surface area (Å²) < 4.78 is 9.66. The van der Waals surface area contributed by atoms with Gasteiger partial charge >= 0.3 is 11.9 Å². The van der Waals surface area contributed by atoms with E-state index in [2.05, 4.69) is 17.0 Å². The number of carboxylic acids is 1. The fourth-order valence-electron chi connectivity index (χ4n) is 2.82. The number of aliphatic hydroxyl groups excluding tert-OH is 1. The number of carbonyl (C=O) groups is 4. The Morgan fingerprint density at radius 1 is 0.771 bits per heavy atom. The molecule has 0 unspecified atom stereocenters. The number of esters is 2. The minimum absolute atomic E-state index is 0.101. The van der Waals surface area contributed by atoms with Gasteiger partial charge in [0.05, 0.1) is 7.11 Å². The fraction of sp³-hybridized carbons (Fsp3) is 0.840. The van der Waals surface area contributed by atoms with Gasteiger partial charge in [0.1, 0.15) is 13.2 Å². The van der Waals surface area contributed by atoms with E-state index in [1.54, 1.807) is 11.8 Å². The summed E-state index contributed by atoms with van der Waals surface area (Å²) >= 11 is 1.55. The molecule has 0 rings (SSSR count). The number of ether oxygens (including phenoxy) is 2. The molecule has 0 spiro atoms. The second-order valence-corrected chi connectivity index (χ2v) is 8.97. The third kappa shape index (κ3) is 39.7. The molecule has 10 heteroatoms. The van der Waals surface area contributed by atoms with Crippen LogP contribution in [0.2, 0.25) is 0 Å². The van der Waals surface area contributed by atoms with Crippen molar-refractivity contribution in [2.45, 2.75) is 97.3 Å². The Hall–Kier alpha value is -1.81. The number of thioether (sulfide) groups is 1. The van der Waals surface area contributed by atoms with Crippen LogP contribution >= 0.6 is 11.8 Å². The number of amides is 1. The van der Waals surface area contributed by atoms with Crippen molar-refractivity contribution in [1.29, 1.82) is 0 Å². The number of hydrogen-bond donors (Lipinski definition) is 3. The van der Waals surface area contributed by atoms with Gasteiger partial charge in [-0.3, -0.25) is 19.2 Å². The number of carbonyl (C=O) groups excluding carboxylic acids is 3. The van der Waals surface area contributed by atoms with Crippen LogP contribution in [-0.4, -0.2) is 72.9 Å². The lowest BCUT2D eigenvalue weighted by Gasteiger charge is -2.06. The molecule has 0 heterocycles. The van der Waals surface area contributed by atoms with Crippen LogP contribution in [0, 0.1) is 0 Å². The van der Waals surface area contributed by atoms with Crippen molar-refractivity contribution in [1.82, 2.24) is 5.32 Å². The maximum Gasteiger partial charge on any atom is 0.325 e. The van der Waals surface area contributed by atoms with E-state index in [4.69, 9.17) is 19.7 Å². The maximum atomic E-state index is 11.7. The standard InChI is InChI=1S/C22H41NO5S.C2H4O2.CH4O/c1-3-4-5-6-7-8-9-10-11-12-13-14-21(25)28-16-18-29-17-15-20(24)23-19-22(26)27-2;1-2(3)4;1-2/h3-19H2,1-2H3,(H,23,24);1H3,(H,3,4);2H,1H3. The number of hydrogen-bond acceptors (Lipinski definition) is 8. The molecule has 0 bridgehead atoms. The monoisotopic (exact) mass is 523 g/mol. The number of carboxylic acid groups (broad SMARTS) is 1. The number of nitrogens with one attached hydrogen (secondary N) is 1. The molecule has 3 N–H and O–H groups in total. The first-order valence-electron chi connectivity index (χ1n) is 12.5. The molecule has 0 saturated carbocycles. The van der Waals surface area contributed by atoms with Crippen LogP contribution in [0.4, 0.5) is 0 Å². The lowest BCUT2D eigenvalue weighted by molar-refractivity contribution is -0.143. The van der Waals surface area contributed by atoms with Crippen LogP contribution < -0.4 is 5.32 Å². The summed E-state index contributed by atoms with van der Waals surface area (Å²) in [5.41, 5.74) is 0. The molecule has 208 valence electrons. The SMILES string of the molecule is CC(=O)O.CCCCCCCCCCCCCC(=O)OCCSCCC(=O)NCC(=O)OC.CO. The molecule has 0 atom stereocenters. The molecule has 35 heavy (non-hydrogen) atoms. The molecular formula is C25H49NO8S. The van der Waals surface area contributed by atoms with E-state index in [0.29, 0.717) is 31.0 Å². The highest BCUT2D eigenvalue weighted by Gasteiger charge is 2.06. The van der Waals surface area contributed by atoms with E-state index in [1.165, 1.54) is 64.9 Å². The summed E-state index contributed by atoms with van der Waals surface area (Å²) in [5.74, 6) is -0.304. The van der Waals surface area contributed by atoms with Crippen LogP contribution in [0.5, 0.6) is 0 Å². The van der Waals surface area contributed by atoms with Gasteiger partial charge in [-0.25, -0.2) is 0 Å². The Bertz CT molecular complexity index is 514. The number of aliphatic hydroxyl groups is 1. The van der Waals surface area contributed by atoms with Crippen molar-refractivity contribution >= 4 is 35.6 Å². The van der Waals surface area contributed by atoms with E-state index in [0.717, 1.165) is 26.9 Å². The number of methoxy groups -OCH3 is 1.